The highest BCUT2D eigenvalue weighted by atomic mass is 16.2. The number of nitrogens with zero attached hydrogens (tertiary/aromatic N) is 3. The lowest BCUT2D eigenvalue weighted by molar-refractivity contribution is 0.0978. The van der Waals surface area contributed by atoms with Gasteiger partial charge in [-0.1, -0.05) is 25.1 Å². The van der Waals surface area contributed by atoms with Crippen molar-refractivity contribution in [2.24, 2.45) is 0 Å². The van der Waals surface area contributed by atoms with E-state index in [9.17, 15) is 4.79 Å². The number of rotatable bonds is 4. The number of H-pyrrole nitrogens is 1. The van der Waals surface area contributed by atoms with Crippen molar-refractivity contribution in [3.8, 4) is 0 Å². The molecule has 0 saturated heterocycles. The minimum Gasteiger partial charge on any atom is -0.306 e. The number of benzene rings is 1. The van der Waals surface area contributed by atoms with Crippen molar-refractivity contribution in [1.29, 1.82) is 0 Å². The Bertz CT molecular complexity index is 576. The first-order chi connectivity index (χ1) is 9.17. The number of nitrogens with one attached hydrogen (secondary N) is 1. The van der Waals surface area contributed by atoms with E-state index >= 15 is 0 Å². The Kier molecular flexibility index (Phi) is 3.94. The van der Waals surface area contributed by atoms with Crippen LogP contribution in [0.5, 0.6) is 0 Å². The minimum absolute atomic E-state index is 0.173. The lowest BCUT2D eigenvalue weighted by Crippen LogP contribution is -2.32. The lowest BCUT2D eigenvalue weighted by Gasteiger charge is -2.21. The van der Waals surface area contributed by atoms with E-state index < -0.39 is 0 Å². The van der Waals surface area contributed by atoms with Gasteiger partial charge in [0, 0.05) is 18.7 Å². The Morgan fingerprint density at radius 1 is 1.32 bits per heavy atom. The van der Waals surface area contributed by atoms with Gasteiger partial charge < -0.3 is 4.90 Å². The molecule has 0 aliphatic carbocycles. The zero-order chi connectivity index (χ0) is 13.8. The second-order valence-corrected chi connectivity index (χ2v) is 4.30. The summed E-state index contributed by atoms with van der Waals surface area (Å²) < 4.78 is 0. The molecule has 0 fully saturated rings. The van der Waals surface area contributed by atoms with E-state index in [0.29, 0.717) is 6.54 Å². The summed E-state index contributed by atoms with van der Waals surface area (Å²) in [6.45, 7) is 6.48. The summed E-state index contributed by atoms with van der Waals surface area (Å²) in [4.78, 5) is 18.3. The average molecular weight is 258 g/mol. The molecule has 0 spiro atoms. The van der Waals surface area contributed by atoms with Gasteiger partial charge in [-0.15, -0.1) is 5.10 Å². The molecule has 0 aliphatic rings. The van der Waals surface area contributed by atoms with Crippen molar-refractivity contribution < 1.29 is 4.79 Å². The fourth-order valence-electron chi connectivity index (χ4n) is 1.96. The summed E-state index contributed by atoms with van der Waals surface area (Å²) in [5.74, 6) is 0.777. The summed E-state index contributed by atoms with van der Waals surface area (Å²) in [5, 5.41) is 6.76. The number of anilines is 1. The van der Waals surface area contributed by atoms with Crippen LogP contribution in [0.1, 0.15) is 35.9 Å². The normalized spacial score (nSPS) is 10.5. The molecule has 5 nitrogen and oxygen atoms in total. The molecule has 19 heavy (non-hydrogen) atoms. The van der Waals surface area contributed by atoms with Crippen LogP contribution in [-0.4, -0.2) is 27.6 Å². The molecule has 100 valence electrons. The molecule has 5 heteroatoms. The molecule has 0 atom stereocenters. The monoisotopic (exact) mass is 258 g/mol. The van der Waals surface area contributed by atoms with Gasteiger partial charge in [0.05, 0.1) is 0 Å². The van der Waals surface area contributed by atoms with E-state index in [4.69, 9.17) is 0 Å². The molecule has 0 radical (unpaired) electrons. The van der Waals surface area contributed by atoms with Crippen LogP contribution in [-0.2, 0) is 6.42 Å². The molecule has 0 bridgehead atoms. The number of para-hydroxylation sites is 1. The highest BCUT2D eigenvalue weighted by Gasteiger charge is 2.21. The Labute approximate surface area is 112 Å². The number of aryl methyl sites for hydroxylation is 2. The van der Waals surface area contributed by atoms with Crippen molar-refractivity contribution in [1.82, 2.24) is 15.2 Å². The van der Waals surface area contributed by atoms with Crippen LogP contribution in [0.15, 0.2) is 24.3 Å². The van der Waals surface area contributed by atoms with Gasteiger partial charge in [0.25, 0.3) is 5.91 Å². The highest BCUT2D eigenvalue weighted by Crippen LogP contribution is 2.20. The summed E-state index contributed by atoms with van der Waals surface area (Å²) in [6.07, 6.45) is 0.733. The van der Waals surface area contributed by atoms with Gasteiger partial charge in [-0.3, -0.25) is 9.89 Å². The fourth-order valence-corrected chi connectivity index (χ4v) is 1.96. The van der Waals surface area contributed by atoms with Crippen LogP contribution < -0.4 is 4.90 Å². The zero-order valence-corrected chi connectivity index (χ0v) is 11.5. The predicted octanol–water partition coefficient (Wildman–Crippen LogP) is 2.34. The quantitative estimate of drug-likeness (QED) is 0.915. The number of hydrogen-bond donors (Lipinski definition) is 1. The highest BCUT2D eigenvalue weighted by molar-refractivity contribution is 6.03. The first kappa shape index (κ1) is 13.3. The molecule has 1 amide bonds. The standard InChI is InChI=1S/C14H18N4O/c1-4-12-15-13(17-16-12)14(19)18(5-2)11-9-7-6-8-10(11)3/h6-9H,4-5H2,1-3H3,(H,15,16,17). The molecule has 1 heterocycles. The van der Waals surface area contributed by atoms with Gasteiger partial charge >= 0.3 is 0 Å². The molecule has 2 aromatic rings. The van der Waals surface area contributed by atoms with Crippen LogP contribution in [0.25, 0.3) is 0 Å². The summed E-state index contributed by atoms with van der Waals surface area (Å²) in [7, 11) is 0. The SMILES string of the molecule is CCc1nc(C(=O)N(CC)c2ccccc2C)n[nH]1. The third-order valence-corrected chi connectivity index (χ3v) is 3.03. The summed E-state index contributed by atoms with van der Waals surface area (Å²) in [6, 6.07) is 7.80. The first-order valence-electron chi connectivity index (χ1n) is 6.46. The smallest absolute Gasteiger partial charge is 0.297 e. The Hall–Kier alpha value is -2.17. The molecule has 0 saturated carbocycles. The molecule has 1 N–H and O–H groups in total. The number of carbonyl (C=O) groups excluding carboxylic acids is 1. The maximum absolute atomic E-state index is 12.4. The second kappa shape index (κ2) is 5.65. The van der Waals surface area contributed by atoms with Gasteiger partial charge in [0.1, 0.15) is 5.82 Å². The van der Waals surface area contributed by atoms with E-state index in [2.05, 4.69) is 15.2 Å². The summed E-state index contributed by atoms with van der Waals surface area (Å²) in [5.41, 5.74) is 1.96. The second-order valence-electron chi connectivity index (χ2n) is 4.30. The van der Waals surface area contributed by atoms with Crippen LogP contribution in [0, 0.1) is 6.92 Å². The van der Waals surface area contributed by atoms with Gasteiger partial charge in [0.2, 0.25) is 5.82 Å². The van der Waals surface area contributed by atoms with Crippen molar-refractivity contribution in [2.45, 2.75) is 27.2 Å². The molecular formula is C14H18N4O. The maximum atomic E-state index is 12.4. The van der Waals surface area contributed by atoms with E-state index in [0.717, 1.165) is 23.5 Å². The maximum Gasteiger partial charge on any atom is 0.297 e. The molecule has 1 aromatic carbocycles. The Balaban J connectivity index is 2.32. The lowest BCUT2D eigenvalue weighted by atomic mass is 10.2. The van der Waals surface area contributed by atoms with Crippen molar-refractivity contribution in [2.75, 3.05) is 11.4 Å². The van der Waals surface area contributed by atoms with Crippen molar-refractivity contribution in [3.05, 3.63) is 41.5 Å². The summed E-state index contributed by atoms with van der Waals surface area (Å²) >= 11 is 0. The van der Waals surface area contributed by atoms with Crippen molar-refractivity contribution in [3.63, 3.8) is 0 Å². The van der Waals surface area contributed by atoms with E-state index in [-0.39, 0.29) is 11.7 Å². The third-order valence-electron chi connectivity index (χ3n) is 3.03. The van der Waals surface area contributed by atoms with Crippen molar-refractivity contribution >= 4 is 11.6 Å². The van der Waals surface area contributed by atoms with Crippen LogP contribution >= 0.6 is 0 Å². The van der Waals surface area contributed by atoms with E-state index in [1.807, 2.05) is 45.0 Å². The number of aromatic nitrogens is 3. The van der Waals surface area contributed by atoms with E-state index in [1.54, 1.807) is 4.90 Å². The largest absolute Gasteiger partial charge is 0.306 e. The zero-order valence-electron chi connectivity index (χ0n) is 11.5. The topological polar surface area (TPSA) is 61.9 Å². The molecular weight excluding hydrogens is 240 g/mol. The molecule has 0 aliphatic heterocycles. The van der Waals surface area contributed by atoms with E-state index in [1.165, 1.54) is 0 Å². The number of hydrogen-bond acceptors (Lipinski definition) is 3. The molecule has 1 aromatic heterocycles. The van der Waals surface area contributed by atoms with Gasteiger partial charge in [-0.25, -0.2) is 4.98 Å². The third kappa shape index (κ3) is 2.65. The minimum atomic E-state index is -0.173. The van der Waals surface area contributed by atoms with Gasteiger partial charge in [0.15, 0.2) is 0 Å². The first-order valence-corrected chi connectivity index (χ1v) is 6.46. The predicted molar refractivity (Wildman–Crippen MR) is 74.3 cm³/mol. The van der Waals surface area contributed by atoms with Crippen LogP contribution in [0.4, 0.5) is 5.69 Å². The van der Waals surface area contributed by atoms with Gasteiger partial charge in [-0.2, -0.15) is 0 Å². The van der Waals surface area contributed by atoms with Gasteiger partial charge in [-0.05, 0) is 25.5 Å². The Morgan fingerprint density at radius 2 is 2.05 bits per heavy atom. The molecule has 0 unspecified atom stereocenters. The fraction of sp³-hybridized carbons (Fsp3) is 0.357. The number of amides is 1. The number of carbonyl (C=O) groups is 1. The van der Waals surface area contributed by atoms with Crippen LogP contribution in [0.2, 0.25) is 0 Å². The number of aromatic amines is 1. The average Bonchev–Trinajstić information content (AvgIpc) is 2.90. The molecule has 2 rings (SSSR count). The van der Waals surface area contributed by atoms with Crippen LogP contribution in [0.3, 0.4) is 0 Å². The Morgan fingerprint density at radius 3 is 2.63 bits per heavy atom.